The number of amides is 1. The van der Waals surface area contributed by atoms with Gasteiger partial charge in [-0.1, -0.05) is 47.6 Å². The number of fused-ring (bicyclic) bond motifs is 1. The van der Waals surface area contributed by atoms with Crippen molar-refractivity contribution in [3.8, 4) is 11.3 Å². The van der Waals surface area contributed by atoms with Crippen molar-refractivity contribution in [2.75, 3.05) is 0 Å². The molecule has 2 aromatic carbocycles. The van der Waals surface area contributed by atoms with Crippen molar-refractivity contribution in [3.63, 3.8) is 0 Å². The summed E-state index contributed by atoms with van der Waals surface area (Å²) in [7, 11) is 0. The zero-order valence-corrected chi connectivity index (χ0v) is 14.6. The quantitative estimate of drug-likeness (QED) is 0.589. The highest BCUT2D eigenvalue weighted by atomic mass is 19.1. The second-order valence-electron chi connectivity index (χ2n) is 6.18. The first kappa shape index (κ1) is 16.9. The summed E-state index contributed by atoms with van der Waals surface area (Å²) in [6.45, 7) is 2.06. The predicted octanol–water partition coefficient (Wildman–Crippen LogP) is 4.27. The maximum absolute atomic E-state index is 13.0. The molecule has 0 bridgehead atoms. The van der Waals surface area contributed by atoms with Gasteiger partial charge in [-0.15, -0.1) is 0 Å². The summed E-state index contributed by atoms with van der Waals surface area (Å²) in [5.74, 6) is -0.580. The zero-order valence-electron chi connectivity index (χ0n) is 14.6. The molecule has 0 aliphatic carbocycles. The molecule has 134 valence electrons. The Morgan fingerprint density at radius 3 is 2.59 bits per heavy atom. The van der Waals surface area contributed by atoms with E-state index in [2.05, 4.69) is 15.5 Å². The first-order valence-electron chi connectivity index (χ1n) is 8.47. The molecule has 2 aromatic heterocycles. The van der Waals surface area contributed by atoms with E-state index < -0.39 is 0 Å². The highest BCUT2D eigenvalue weighted by Gasteiger charge is 2.19. The van der Waals surface area contributed by atoms with Gasteiger partial charge in [0.1, 0.15) is 5.82 Å². The molecule has 1 amide bonds. The Hall–Kier alpha value is -3.54. The molecular formula is C21H16FN3O2. The van der Waals surface area contributed by atoms with Crippen LogP contribution in [0.3, 0.4) is 0 Å². The van der Waals surface area contributed by atoms with Crippen LogP contribution in [0, 0.1) is 12.7 Å². The molecule has 5 nitrogen and oxygen atoms in total. The van der Waals surface area contributed by atoms with Crippen LogP contribution in [0.2, 0.25) is 0 Å². The molecule has 0 aliphatic heterocycles. The van der Waals surface area contributed by atoms with Gasteiger partial charge in [0.2, 0.25) is 0 Å². The molecule has 0 radical (unpaired) electrons. The Balaban J connectivity index is 1.69. The van der Waals surface area contributed by atoms with Crippen molar-refractivity contribution in [1.82, 2.24) is 15.5 Å². The predicted molar refractivity (Wildman–Crippen MR) is 99.5 cm³/mol. The average molecular weight is 361 g/mol. The summed E-state index contributed by atoms with van der Waals surface area (Å²) in [6.07, 6.45) is 0. The fourth-order valence-corrected chi connectivity index (χ4v) is 2.91. The van der Waals surface area contributed by atoms with Gasteiger partial charge in [0.05, 0.1) is 22.3 Å². The van der Waals surface area contributed by atoms with E-state index in [0.717, 1.165) is 11.1 Å². The lowest BCUT2D eigenvalue weighted by atomic mass is 10.0. The minimum absolute atomic E-state index is 0.268. The van der Waals surface area contributed by atoms with Gasteiger partial charge >= 0.3 is 0 Å². The monoisotopic (exact) mass is 361 g/mol. The summed E-state index contributed by atoms with van der Waals surface area (Å²) in [6, 6.07) is 17.3. The minimum Gasteiger partial charge on any atom is -0.348 e. The van der Waals surface area contributed by atoms with Crippen molar-refractivity contribution < 1.29 is 13.7 Å². The van der Waals surface area contributed by atoms with Crippen LogP contribution in [0.5, 0.6) is 0 Å². The summed E-state index contributed by atoms with van der Waals surface area (Å²) in [5, 5.41) is 7.40. The molecule has 6 heteroatoms. The number of nitrogens with one attached hydrogen (secondary N) is 1. The number of nitrogens with zero attached hydrogens (tertiary/aromatic N) is 2. The Bertz CT molecular complexity index is 1110. The van der Waals surface area contributed by atoms with Crippen LogP contribution in [-0.4, -0.2) is 16.0 Å². The number of hydrogen-bond acceptors (Lipinski definition) is 4. The number of carbonyl (C=O) groups excluding carboxylic acids is 1. The summed E-state index contributed by atoms with van der Waals surface area (Å²) >= 11 is 0. The van der Waals surface area contributed by atoms with E-state index in [1.165, 1.54) is 12.1 Å². The van der Waals surface area contributed by atoms with Gasteiger partial charge in [0.15, 0.2) is 0 Å². The molecule has 0 saturated carbocycles. The second-order valence-corrected chi connectivity index (χ2v) is 6.18. The number of pyridine rings is 1. The van der Waals surface area contributed by atoms with Crippen LogP contribution < -0.4 is 5.32 Å². The zero-order chi connectivity index (χ0) is 18.8. The van der Waals surface area contributed by atoms with Crippen molar-refractivity contribution in [1.29, 1.82) is 0 Å². The van der Waals surface area contributed by atoms with Crippen LogP contribution in [0.1, 0.15) is 21.6 Å². The maximum atomic E-state index is 13.0. The molecule has 0 aliphatic rings. The minimum atomic E-state index is -0.312. The molecule has 0 fully saturated rings. The van der Waals surface area contributed by atoms with Crippen LogP contribution in [0.4, 0.5) is 4.39 Å². The lowest BCUT2D eigenvalue weighted by Crippen LogP contribution is -2.23. The van der Waals surface area contributed by atoms with Gasteiger partial charge in [-0.2, -0.15) is 0 Å². The highest BCUT2D eigenvalue weighted by Crippen LogP contribution is 2.27. The Labute approximate surface area is 154 Å². The molecule has 0 atom stereocenters. The topological polar surface area (TPSA) is 68.0 Å². The van der Waals surface area contributed by atoms with E-state index in [9.17, 15) is 9.18 Å². The number of hydrogen-bond donors (Lipinski definition) is 1. The van der Waals surface area contributed by atoms with Gasteiger partial charge < -0.3 is 9.84 Å². The second kappa shape index (κ2) is 6.99. The van der Waals surface area contributed by atoms with Gasteiger partial charge in [-0.3, -0.25) is 4.79 Å². The lowest BCUT2D eigenvalue weighted by Gasteiger charge is -2.08. The molecule has 1 N–H and O–H groups in total. The molecular weight excluding hydrogens is 345 g/mol. The molecule has 0 saturated heterocycles. The molecule has 4 aromatic rings. The highest BCUT2D eigenvalue weighted by molar-refractivity contribution is 6.06. The molecule has 27 heavy (non-hydrogen) atoms. The van der Waals surface area contributed by atoms with Crippen molar-refractivity contribution in [3.05, 3.63) is 83.3 Å². The number of carbonyl (C=O) groups is 1. The van der Waals surface area contributed by atoms with Crippen molar-refractivity contribution >= 4 is 17.0 Å². The van der Waals surface area contributed by atoms with E-state index in [0.29, 0.717) is 28.1 Å². The van der Waals surface area contributed by atoms with Crippen LogP contribution in [0.25, 0.3) is 22.4 Å². The average Bonchev–Trinajstić information content (AvgIpc) is 3.08. The SMILES string of the molecule is Cc1noc2nc(-c3ccccc3)cc(C(=O)NCc3ccc(F)cc3)c12. The number of aromatic nitrogens is 2. The van der Waals surface area contributed by atoms with Crippen LogP contribution in [-0.2, 0) is 6.54 Å². The summed E-state index contributed by atoms with van der Waals surface area (Å²) in [4.78, 5) is 17.3. The molecule has 0 unspecified atom stereocenters. The van der Waals surface area contributed by atoms with E-state index in [1.807, 2.05) is 30.3 Å². The van der Waals surface area contributed by atoms with E-state index >= 15 is 0 Å². The smallest absolute Gasteiger partial charge is 0.259 e. The van der Waals surface area contributed by atoms with Gasteiger partial charge in [0, 0.05) is 12.1 Å². The number of rotatable bonds is 4. The van der Waals surface area contributed by atoms with E-state index in [-0.39, 0.29) is 18.3 Å². The van der Waals surface area contributed by atoms with Gasteiger partial charge in [-0.05, 0) is 30.7 Å². The third-order valence-corrected chi connectivity index (χ3v) is 4.30. The number of aryl methyl sites for hydroxylation is 1. The molecule has 2 heterocycles. The van der Waals surface area contributed by atoms with Crippen LogP contribution >= 0.6 is 0 Å². The summed E-state index contributed by atoms with van der Waals surface area (Å²) in [5.41, 5.74) is 3.68. The molecule has 0 spiro atoms. The number of benzene rings is 2. The maximum Gasteiger partial charge on any atom is 0.259 e. The largest absolute Gasteiger partial charge is 0.348 e. The fourth-order valence-electron chi connectivity index (χ4n) is 2.91. The molecule has 4 rings (SSSR count). The Morgan fingerprint density at radius 2 is 1.85 bits per heavy atom. The third kappa shape index (κ3) is 3.42. The van der Waals surface area contributed by atoms with Gasteiger partial charge in [0.25, 0.3) is 11.6 Å². The van der Waals surface area contributed by atoms with E-state index in [4.69, 9.17) is 4.52 Å². The van der Waals surface area contributed by atoms with Crippen molar-refractivity contribution in [2.24, 2.45) is 0 Å². The Morgan fingerprint density at radius 1 is 1.11 bits per heavy atom. The third-order valence-electron chi connectivity index (χ3n) is 4.30. The fraction of sp³-hybridized carbons (Fsp3) is 0.0952. The normalized spacial score (nSPS) is 10.9. The first-order chi connectivity index (χ1) is 13.1. The lowest BCUT2D eigenvalue weighted by molar-refractivity contribution is 0.0952. The van der Waals surface area contributed by atoms with E-state index in [1.54, 1.807) is 25.1 Å². The van der Waals surface area contributed by atoms with Gasteiger partial charge in [-0.25, -0.2) is 9.37 Å². The van der Waals surface area contributed by atoms with Crippen molar-refractivity contribution in [2.45, 2.75) is 13.5 Å². The summed E-state index contributed by atoms with van der Waals surface area (Å²) < 4.78 is 18.3. The Kier molecular flexibility index (Phi) is 4.38. The van der Waals surface area contributed by atoms with Crippen LogP contribution in [0.15, 0.2) is 65.2 Å². The number of halogens is 1. The standard InChI is InChI=1S/C21H16FN3O2/c1-13-19-17(20(26)23-12-14-7-9-16(22)10-8-14)11-18(24-21(19)27-25-13)15-5-3-2-4-6-15/h2-11H,12H2,1H3,(H,23,26). The first-order valence-corrected chi connectivity index (χ1v) is 8.47.